The zero-order chi connectivity index (χ0) is 21.4. The van der Waals surface area contributed by atoms with Crippen LogP contribution in [0.2, 0.25) is 0 Å². The molecule has 0 bridgehead atoms. The summed E-state index contributed by atoms with van der Waals surface area (Å²) in [6.45, 7) is 12.1. The summed E-state index contributed by atoms with van der Waals surface area (Å²) >= 11 is 0. The Morgan fingerprint density at radius 3 is 2.61 bits per heavy atom. The van der Waals surface area contributed by atoms with Gasteiger partial charge in [-0.15, -0.1) is 0 Å². The van der Waals surface area contributed by atoms with E-state index in [-0.39, 0.29) is 38.0 Å². The molecule has 0 fully saturated rings. The van der Waals surface area contributed by atoms with Crippen molar-refractivity contribution >= 4 is 12.0 Å². The van der Waals surface area contributed by atoms with Crippen LogP contribution in [0.5, 0.6) is 5.75 Å². The Kier molecular flexibility index (Phi) is 14.0. The maximum Gasteiger partial charge on any atom is 0.407 e. The van der Waals surface area contributed by atoms with Gasteiger partial charge in [0.25, 0.3) is 0 Å². The van der Waals surface area contributed by atoms with E-state index < -0.39 is 12.2 Å². The fourth-order valence-electron chi connectivity index (χ4n) is 1.85. The Morgan fingerprint density at radius 2 is 1.93 bits per heavy atom. The van der Waals surface area contributed by atoms with Gasteiger partial charge in [-0.05, 0) is 31.6 Å². The van der Waals surface area contributed by atoms with Crippen LogP contribution < -0.4 is 15.4 Å². The molecule has 0 heterocycles. The highest BCUT2D eigenvalue weighted by atomic mass is 19.1. The average Bonchev–Trinajstić information content (AvgIpc) is 2.69. The van der Waals surface area contributed by atoms with Crippen LogP contribution in [0.15, 0.2) is 30.9 Å². The van der Waals surface area contributed by atoms with E-state index in [1.165, 1.54) is 12.1 Å². The van der Waals surface area contributed by atoms with Gasteiger partial charge in [0, 0.05) is 12.6 Å². The molecule has 0 aliphatic rings. The molecule has 1 aromatic carbocycles. The minimum Gasteiger partial charge on any atom is -0.491 e. The first-order valence-electron chi connectivity index (χ1n) is 9.23. The quantitative estimate of drug-likeness (QED) is 0.442. The minimum atomic E-state index is -0.597. The van der Waals surface area contributed by atoms with Crippen LogP contribution in [0.4, 0.5) is 9.18 Å². The van der Waals surface area contributed by atoms with E-state index in [1.807, 2.05) is 20.8 Å². The molecule has 2 N–H and O–H groups in total. The van der Waals surface area contributed by atoms with Crippen molar-refractivity contribution < 1.29 is 28.2 Å². The smallest absolute Gasteiger partial charge is 0.407 e. The van der Waals surface area contributed by atoms with Crippen LogP contribution in [-0.2, 0) is 14.3 Å². The second-order valence-corrected chi connectivity index (χ2v) is 5.46. The molecule has 1 atom stereocenters. The summed E-state index contributed by atoms with van der Waals surface area (Å²) in [5, 5.41) is 5.06. The highest BCUT2D eigenvalue weighted by Gasteiger charge is 2.09. The number of aryl methyl sites for hydroxylation is 1. The number of amides is 2. The number of carbonyl (C=O) groups is 2. The van der Waals surface area contributed by atoms with E-state index in [0.717, 1.165) is 11.6 Å². The van der Waals surface area contributed by atoms with Crippen LogP contribution in [0.3, 0.4) is 0 Å². The Bertz CT molecular complexity index is 610. The van der Waals surface area contributed by atoms with Gasteiger partial charge >= 0.3 is 6.09 Å². The van der Waals surface area contributed by atoms with Gasteiger partial charge in [-0.2, -0.15) is 0 Å². The van der Waals surface area contributed by atoms with Crippen molar-refractivity contribution in [2.24, 2.45) is 0 Å². The molecule has 0 aliphatic carbocycles. The van der Waals surface area contributed by atoms with Crippen molar-refractivity contribution in [1.82, 2.24) is 10.6 Å². The highest BCUT2D eigenvalue weighted by Crippen LogP contribution is 2.18. The number of benzene rings is 1. The summed E-state index contributed by atoms with van der Waals surface area (Å²) in [6.07, 6.45) is 0.0759. The molecule has 0 saturated heterocycles. The Balaban J connectivity index is 0.00000352. The number of carbonyl (C=O) groups excluding carboxylic acids is 2. The Morgan fingerprint density at radius 1 is 1.21 bits per heavy atom. The van der Waals surface area contributed by atoms with Crippen molar-refractivity contribution in [3.05, 3.63) is 42.2 Å². The Labute approximate surface area is 166 Å². The van der Waals surface area contributed by atoms with E-state index in [0.29, 0.717) is 12.4 Å². The third kappa shape index (κ3) is 11.9. The molecule has 158 valence electrons. The fraction of sp³-hybridized carbons (Fsp3) is 0.500. The maximum atomic E-state index is 13.1. The standard InChI is InChI=1S/C18H25FN2O5.C2H6/c1-4-17(22)21-12-14(3)26-18(23)20-7-8-24-9-10-25-16-11-15(19)6-5-13(16)2;1-2/h4-6,11,14H,1,7-10,12H2,2-3H3,(H,20,23)(H,21,22);1-2H3. The summed E-state index contributed by atoms with van der Waals surface area (Å²) in [7, 11) is 0. The maximum absolute atomic E-state index is 13.1. The first kappa shape index (κ1) is 25.4. The molecule has 1 aromatic rings. The summed E-state index contributed by atoms with van der Waals surface area (Å²) in [5.74, 6) is -0.203. The molecule has 0 aliphatic heterocycles. The number of hydrogen-bond donors (Lipinski definition) is 2. The van der Waals surface area contributed by atoms with Gasteiger partial charge in [-0.3, -0.25) is 4.79 Å². The third-order valence-corrected chi connectivity index (χ3v) is 3.21. The molecular formula is C20H31FN2O5. The lowest BCUT2D eigenvalue weighted by atomic mass is 10.2. The van der Waals surface area contributed by atoms with E-state index in [4.69, 9.17) is 14.2 Å². The summed E-state index contributed by atoms with van der Waals surface area (Å²) in [4.78, 5) is 22.5. The molecule has 28 heavy (non-hydrogen) atoms. The van der Waals surface area contributed by atoms with Crippen LogP contribution in [0.25, 0.3) is 0 Å². The summed E-state index contributed by atoms with van der Waals surface area (Å²) < 4.78 is 28.9. The predicted molar refractivity (Wildman–Crippen MR) is 106 cm³/mol. The molecule has 2 amide bonds. The van der Waals surface area contributed by atoms with E-state index in [9.17, 15) is 14.0 Å². The van der Waals surface area contributed by atoms with Crippen LogP contribution in [0, 0.1) is 12.7 Å². The largest absolute Gasteiger partial charge is 0.491 e. The number of rotatable bonds is 11. The molecule has 0 radical (unpaired) electrons. The summed E-state index contributed by atoms with van der Waals surface area (Å²) in [5.41, 5.74) is 0.842. The zero-order valence-electron chi connectivity index (χ0n) is 17.0. The molecular weight excluding hydrogens is 367 g/mol. The second-order valence-electron chi connectivity index (χ2n) is 5.46. The monoisotopic (exact) mass is 398 g/mol. The number of nitrogens with one attached hydrogen (secondary N) is 2. The fourth-order valence-corrected chi connectivity index (χ4v) is 1.85. The van der Waals surface area contributed by atoms with Gasteiger partial charge < -0.3 is 24.8 Å². The van der Waals surface area contributed by atoms with Gasteiger partial charge in [-0.25, -0.2) is 9.18 Å². The normalized spacial score (nSPS) is 10.8. The van der Waals surface area contributed by atoms with Gasteiger partial charge in [0.1, 0.15) is 24.3 Å². The lowest BCUT2D eigenvalue weighted by molar-refractivity contribution is -0.116. The van der Waals surface area contributed by atoms with Crippen LogP contribution >= 0.6 is 0 Å². The Hall–Kier alpha value is -2.61. The van der Waals surface area contributed by atoms with Crippen molar-refractivity contribution in [1.29, 1.82) is 0 Å². The minimum absolute atomic E-state index is 0.200. The van der Waals surface area contributed by atoms with E-state index in [2.05, 4.69) is 17.2 Å². The molecule has 1 rings (SSSR count). The molecule has 0 spiro atoms. The lowest BCUT2D eigenvalue weighted by Crippen LogP contribution is -2.36. The van der Waals surface area contributed by atoms with Gasteiger partial charge in [0.2, 0.25) is 5.91 Å². The van der Waals surface area contributed by atoms with Crippen molar-refractivity contribution in [2.75, 3.05) is 32.9 Å². The molecule has 7 nitrogen and oxygen atoms in total. The van der Waals surface area contributed by atoms with Gasteiger partial charge in [-0.1, -0.05) is 26.5 Å². The number of hydrogen-bond acceptors (Lipinski definition) is 5. The SMILES string of the molecule is C=CC(=O)NCC(C)OC(=O)NCCOCCOc1cc(F)ccc1C.CC. The molecule has 0 saturated carbocycles. The van der Waals surface area contributed by atoms with Crippen molar-refractivity contribution in [2.45, 2.75) is 33.8 Å². The summed E-state index contributed by atoms with van der Waals surface area (Å²) in [6, 6.07) is 4.34. The molecule has 8 heteroatoms. The van der Waals surface area contributed by atoms with Crippen molar-refractivity contribution in [3.8, 4) is 5.75 Å². The first-order chi connectivity index (χ1) is 13.4. The van der Waals surface area contributed by atoms with E-state index in [1.54, 1.807) is 13.0 Å². The number of ether oxygens (including phenoxy) is 3. The first-order valence-corrected chi connectivity index (χ1v) is 9.23. The van der Waals surface area contributed by atoms with Gasteiger partial charge in [0.05, 0.1) is 19.8 Å². The second kappa shape index (κ2) is 15.4. The average molecular weight is 398 g/mol. The topological polar surface area (TPSA) is 85.9 Å². The highest BCUT2D eigenvalue weighted by molar-refractivity contribution is 5.86. The predicted octanol–water partition coefficient (Wildman–Crippen LogP) is 2.97. The number of halogens is 1. The molecule has 1 unspecified atom stereocenters. The van der Waals surface area contributed by atoms with Crippen LogP contribution in [0.1, 0.15) is 26.3 Å². The van der Waals surface area contributed by atoms with Crippen molar-refractivity contribution in [3.63, 3.8) is 0 Å². The zero-order valence-corrected chi connectivity index (χ0v) is 17.0. The molecule has 0 aromatic heterocycles. The number of alkyl carbamates (subject to hydrolysis) is 1. The van der Waals surface area contributed by atoms with Crippen LogP contribution in [-0.4, -0.2) is 51.0 Å². The van der Waals surface area contributed by atoms with E-state index >= 15 is 0 Å². The third-order valence-electron chi connectivity index (χ3n) is 3.21. The van der Waals surface area contributed by atoms with Gasteiger partial charge in [0.15, 0.2) is 0 Å². The lowest BCUT2D eigenvalue weighted by Gasteiger charge is -2.14.